The van der Waals surface area contributed by atoms with Crippen molar-refractivity contribution >= 4 is 17.5 Å². The number of nitrogens with zero attached hydrogens (tertiary/aromatic N) is 2. The number of hydrogen-bond acceptors (Lipinski definition) is 5. The van der Waals surface area contributed by atoms with E-state index < -0.39 is 10.3 Å². The van der Waals surface area contributed by atoms with E-state index in [-0.39, 0.29) is 11.7 Å². The fraction of sp³-hybridized carbons (Fsp3) is 0.529. The summed E-state index contributed by atoms with van der Waals surface area (Å²) in [5.74, 6) is 0.166. The summed E-state index contributed by atoms with van der Waals surface area (Å²) < 4.78 is 4.99. The number of Topliss-reactive ketones (excluding diaryl/α,β-unsaturated/α-hetero) is 1. The minimum Gasteiger partial charge on any atom is -0.379 e. The van der Waals surface area contributed by atoms with Crippen molar-refractivity contribution in [3.63, 3.8) is 0 Å². The van der Waals surface area contributed by atoms with Crippen LogP contribution < -0.4 is 0 Å². The number of carbonyl (C=O) groups is 1. The molecule has 4 nitrogen and oxygen atoms in total. The van der Waals surface area contributed by atoms with E-state index in [9.17, 15) is 10.1 Å². The van der Waals surface area contributed by atoms with Gasteiger partial charge in [-0.3, -0.25) is 9.69 Å². The van der Waals surface area contributed by atoms with Crippen molar-refractivity contribution in [2.75, 3.05) is 26.3 Å². The summed E-state index contributed by atoms with van der Waals surface area (Å²) in [6.45, 7) is 4.54. The molecule has 0 spiro atoms. The first-order chi connectivity index (χ1) is 10.6. The highest BCUT2D eigenvalue weighted by Gasteiger charge is 2.72. The van der Waals surface area contributed by atoms with Crippen LogP contribution in [0.25, 0.3) is 0 Å². The molecule has 0 unspecified atom stereocenters. The average Bonchev–Trinajstić information content (AvgIpc) is 2.80. The summed E-state index contributed by atoms with van der Waals surface area (Å²) >= 11 is 1.66. The van der Waals surface area contributed by atoms with Gasteiger partial charge in [0, 0.05) is 30.3 Å². The highest BCUT2D eigenvalue weighted by molar-refractivity contribution is 8.02. The number of hydrogen-bond donors (Lipinski definition) is 0. The minimum absolute atomic E-state index is 0.0261. The summed E-state index contributed by atoms with van der Waals surface area (Å²) in [5, 5.41) is 10.0. The van der Waals surface area contributed by atoms with E-state index in [1.54, 1.807) is 18.7 Å². The number of carbonyl (C=O) groups excluding carboxylic acids is 1. The number of ketones is 1. The number of ether oxygens (including phenoxy) is 1. The number of benzene rings is 1. The monoisotopic (exact) mass is 314 g/mol. The van der Waals surface area contributed by atoms with E-state index in [1.807, 2.05) is 12.1 Å². The molecule has 1 aliphatic carbocycles. The van der Waals surface area contributed by atoms with E-state index in [4.69, 9.17) is 4.74 Å². The molecule has 114 valence electrons. The molecular weight excluding hydrogens is 296 g/mol. The fourth-order valence-corrected chi connectivity index (χ4v) is 6.02. The van der Waals surface area contributed by atoms with Crippen molar-refractivity contribution in [2.45, 2.75) is 34.4 Å². The molecule has 22 heavy (non-hydrogen) atoms. The molecule has 0 radical (unpaired) electrons. The van der Waals surface area contributed by atoms with Gasteiger partial charge in [-0.1, -0.05) is 18.2 Å². The standard InChI is InChI=1S/C17H18N2O2S/c1-12(20)17-10-16(11-18,19-6-8-21-9-7-19)15(17)13-4-2-3-5-14(13)22-17/h2-5,15H,6-10H2,1H3/t15-,16+,17-/m0/s1. The predicted octanol–water partition coefficient (Wildman–Crippen LogP) is 2.20. The summed E-state index contributed by atoms with van der Waals surface area (Å²) in [6.07, 6.45) is 0.621. The Kier molecular flexibility index (Phi) is 3.12. The van der Waals surface area contributed by atoms with E-state index >= 15 is 0 Å². The number of morpholine rings is 1. The smallest absolute Gasteiger partial charge is 0.147 e. The molecule has 3 aliphatic rings. The van der Waals surface area contributed by atoms with E-state index in [0.717, 1.165) is 18.0 Å². The van der Waals surface area contributed by atoms with Gasteiger partial charge in [-0.05, 0) is 18.6 Å². The topological polar surface area (TPSA) is 53.3 Å². The number of fused-ring (bicyclic) bond motifs is 3. The summed E-state index contributed by atoms with van der Waals surface area (Å²) in [6, 6.07) is 10.8. The highest BCUT2D eigenvalue weighted by atomic mass is 32.2. The van der Waals surface area contributed by atoms with E-state index in [2.05, 4.69) is 23.1 Å². The molecule has 0 N–H and O–H groups in total. The Labute approximate surface area is 134 Å². The Morgan fingerprint density at radius 1 is 1.41 bits per heavy atom. The van der Waals surface area contributed by atoms with Gasteiger partial charge < -0.3 is 4.74 Å². The second kappa shape index (κ2) is 4.82. The third-order valence-corrected chi connectivity index (χ3v) is 6.99. The predicted molar refractivity (Wildman–Crippen MR) is 83.8 cm³/mol. The third-order valence-electron chi connectivity index (χ3n) is 5.36. The normalized spacial score (nSPS) is 36.8. The Morgan fingerprint density at radius 3 is 2.82 bits per heavy atom. The molecule has 3 atom stereocenters. The van der Waals surface area contributed by atoms with Gasteiger partial charge in [0.2, 0.25) is 0 Å². The Bertz CT molecular complexity index is 679. The Balaban J connectivity index is 1.81. The van der Waals surface area contributed by atoms with E-state index in [0.29, 0.717) is 19.6 Å². The SMILES string of the molecule is CC(=O)[C@@]12C[C@](C#N)(N3CCOCC3)[C@@H]1c1ccccc1S2. The molecule has 1 aromatic rings. The molecule has 2 aliphatic heterocycles. The van der Waals surface area contributed by atoms with Gasteiger partial charge in [-0.25, -0.2) is 0 Å². The Hall–Kier alpha value is -1.35. The maximum Gasteiger partial charge on any atom is 0.147 e. The zero-order valence-corrected chi connectivity index (χ0v) is 13.4. The second-order valence-electron chi connectivity index (χ2n) is 6.33. The first-order valence-electron chi connectivity index (χ1n) is 7.67. The quantitative estimate of drug-likeness (QED) is 0.837. The lowest BCUT2D eigenvalue weighted by atomic mass is 9.54. The van der Waals surface area contributed by atoms with Crippen molar-refractivity contribution in [3.8, 4) is 6.07 Å². The van der Waals surface area contributed by atoms with Crippen LogP contribution in [0.15, 0.2) is 29.2 Å². The van der Waals surface area contributed by atoms with Crippen molar-refractivity contribution in [1.29, 1.82) is 5.26 Å². The maximum atomic E-state index is 12.4. The number of nitriles is 1. The molecular formula is C17H18N2O2S. The molecule has 1 saturated heterocycles. The van der Waals surface area contributed by atoms with Crippen LogP contribution in [-0.4, -0.2) is 47.3 Å². The second-order valence-corrected chi connectivity index (χ2v) is 7.70. The fourth-order valence-electron chi connectivity index (χ4n) is 4.30. The zero-order valence-electron chi connectivity index (χ0n) is 12.5. The molecule has 1 saturated carbocycles. The lowest BCUT2D eigenvalue weighted by Crippen LogP contribution is -2.71. The van der Waals surface area contributed by atoms with Gasteiger partial charge in [-0.15, -0.1) is 11.8 Å². The minimum atomic E-state index is -0.560. The Morgan fingerprint density at radius 2 is 2.14 bits per heavy atom. The average molecular weight is 314 g/mol. The molecule has 5 heteroatoms. The van der Waals surface area contributed by atoms with E-state index in [1.165, 1.54) is 5.56 Å². The first-order valence-corrected chi connectivity index (χ1v) is 8.49. The van der Waals surface area contributed by atoms with Crippen LogP contribution in [0.5, 0.6) is 0 Å². The molecule has 2 heterocycles. The lowest BCUT2D eigenvalue weighted by molar-refractivity contribution is -0.128. The highest BCUT2D eigenvalue weighted by Crippen LogP contribution is 2.69. The van der Waals surface area contributed by atoms with Gasteiger partial charge in [0.25, 0.3) is 0 Å². The summed E-state index contributed by atoms with van der Waals surface area (Å²) in [4.78, 5) is 15.8. The molecule has 0 amide bonds. The van der Waals surface area contributed by atoms with Crippen LogP contribution in [-0.2, 0) is 9.53 Å². The van der Waals surface area contributed by atoms with Crippen LogP contribution in [0.4, 0.5) is 0 Å². The first kappa shape index (κ1) is 14.3. The largest absolute Gasteiger partial charge is 0.379 e. The van der Waals surface area contributed by atoms with Gasteiger partial charge in [0.05, 0.1) is 24.0 Å². The van der Waals surface area contributed by atoms with Crippen LogP contribution in [0.1, 0.15) is 24.8 Å². The third kappa shape index (κ3) is 1.63. The maximum absolute atomic E-state index is 12.4. The van der Waals surface area contributed by atoms with Crippen molar-refractivity contribution in [1.82, 2.24) is 4.90 Å². The van der Waals surface area contributed by atoms with Crippen LogP contribution in [0.3, 0.4) is 0 Å². The number of rotatable bonds is 2. The lowest BCUT2D eigenvalue weighted by Gasteiger charge is -2.59. The van der Waals surface area contributed by atoms with Gasteiger partial charge in [-0.2, -0.15) is 5.26 Å². The van der Waals surface area contributed by atoms with Crippen molar-refractivity contribution < 1.29 is 9.53 Å². The molecule has 0 aromatic heterocycles. The van der Waals surface area contributed by atoms with Crippen LogP contribution in [0.2, 0.25) is 0 Å². The van der Waals surface area contributed by atoms with Gasteiger partial charge in [0.1, 0.15) is 11.3 Å². The zero-order chi connectivity index (χ0) is 15.4. The molecule has 0 bridgehead atoms. The molecule has 4 rings (SSSR count). The van der Waals surface area contributed by atoms with Crippen molar-refractivity contribution in [3.05, 3.63) is 29.8 Å². The summed E-state index contributed by atoms with van der Waals surface area (Å²) in [7, 11) is 0. The van der Waals surface area contributed by atoms with Gasteiger partial charge in [0.15, 0.2) is 0 Å². The van der Waals surface area contributed by atoms with Crippen LogP contribution in [0, 0.1) is 11.3 Å². The number of thioether (sulfide) groups is 1. The van der Waals surface area contributed by atoms with Crippen LogP contribution >= 0.6 is 11.8 Å². The summed E-state index contributed by atoms with van der Waals surface area (Å²) in [5.41, 5.74) is 0.608. The van der Waals surface area contributed by atoms with Gasteiger partial charge >= 0.3 is 0 Å². The van der Waals surface area contributed by atoms with Crippen molar-refractivity contribution in [2.24, 2.45) is 0 Å². The molecule has 2 fully saturated rings. The molecule has 1 aromatic carbocycles.